The Bertz CT molecular complexity index is 583. The summed E-state index contributed by atoms with van der Waals surface area (Å²) in [6, 6.07) is 13.8. The van der Waals surface area contributed by atoms with Crippen LogP contribution < -0.4 is 5.32 Å². The molecule has 0 saturated heterocycles. The molecule has 0 aliphatic carbocycles. The van der Waals surface area contributed by atoms with Gasteiger partial charge in [-0.25, -0.2) is 4.39 Å². The molecule has 0 aliphatic heterocycles. The lowest BCUT2D eigenvalue weighted by Crippen LogP contribution is -2.11. The summed E-state index contributed by atoms with van der Waals surface area (Å²) in [6.07, 6.45) is 0. The van der Waals surface area contributed by atoms with E-state index >= 15 is 0 Å². The maximum atomic E-state index is 12.9. The number of hydrogen-bond donors (Lipinski definition) is 3. The molecular weight excluding hydrogens is 268 g/mol. The molecule has 0 heterocycles. The van der Waals surface area contributed by atoms with Gasteiger partial charge in [-0.15, -0.1) is 0 Å². The van der Waals surface area contributed by atoms with Crippen molar-refractivity contribution in [3.63, 3.8) is 0 Å². The molecule has 0 amide bonds. The van der Waals surface area contributed by atoms with Gasteiger partial charge < -0.3 is 15.1 Å². The summed E-state index contributed by atoms with van der Waals surface area (Å²) >= 11 is 0. The molecule has 19 heavy (non-hydrogen) atoms. The monoisotopic (exact) mass is 281 g/mol. The van der Waals surface area contributed by atoms with E-state index in [9.17, 15) is 18.7 Å². The number of nitrogens with one attached hydrogen (secondary N) is 1. The molecule has 0 fully saturated rings. The second-order valence-electron chi connectivity index (χ2n) is 4.05. The number of anilines is 1. The number of halogens is 1. The molecule has 100 valence electrons. The van der Waals surface area contributed by atoms with Gasteiger partial charge >= 0.3 is 7.60 Å². The summed E-state index contributed by atoms with van der Waals surface area (Å²) in [7, 11) is -4.41. The Morgan fingerprint density at radius 3 is 2.11 bits per heavy atom. The van der Waals surface area contributed by atoms with E-state index in [4.69, 9.17) is 0 Å². The zero-order valence-electron chi connectivity index (χ0n) is 9.90. The zero-order valence-corrected chi connectivity index (χ0v) is 10.8. The molecule has 0 aliphatic rings. The zero-order chi connectivity index (χ0) is 13.9. The summed E-state index contributed by atoms with van der Waals surface area (Å²) < 4.78 is 24.4. The SMILES string of the molecule is O=P(O)(O)C(Nc1ccccc1)c1ccc(F)cc1. The third-order valence-electron chi connectivity index (χ3n) is 2.60. The highest BCUT2D eigenvalue weighted by Gasteiger charge is 2.30. The van der Waals surface area contributed by atoms with Crippen LogP contribution in [0.4, 0.5) is 10.1 Å². The van der Waals surface area contributed by atoms with E-state index in [1.165, 1.54) is 24.3 Å². The van der Waals surface area contributed by atoms with Gasteiger partial charge in [0.05, 0.1) is 0 Å². The van der Waals surface area contributed by atoms with Crippen LogP contribution in [0, 0.1) is 5.82 Å². The Hall–Kier alpha value is -1.68. The van der Waals surface area contributed by atoms with Crippen molar-refractivity contribution in [3.8, 4) is 0 Å². The maximum absolute atomic E-state index is 12.9. The Morgan fingerprint density at radius 2 is 1.58 bits per heavy atom. The quantitative estimate of drug-likeness (QED) is 0.753. The van der Waals surface area contributed by atoms with Crippen molar-refractivity contribution in [2.45, 2.75) is 5.78 Å². The number of hydrogen-bond acceptors (Lipinski definition) is 2. The van der Waals surface area contributed by atoms with Gasteiger partial charge in [0.25, 0.3) is 0 Å². The summed E-state index contributed by atoms with van der Waals surface area (Å²) in [5.74, 6) is -1.65. The van der Waals surface area contributed by atoms with Gasteiger partial charge in [0, 0.05) is 5.69 Å². The Balaban J connectivity index is 2.32. The van der Waals surface area contributed by atoms with Crippen LogP contribution in [-0.2, 0) is 4.57 Å². The third kappa shape index (κ3) is 3.64. The minimum atomic E-state index is -4.41. The fraction of sp³-hybridized carbons (Fsp3) is 0.0769. The van der Waals surface area contributed by atoms with Gasteiger partial charge in [-0.3, -0.25) is 4.57 Å². The predicted octanol–water partition coefficient (Wildman–Crippen LogP) is 3.11. The van der Waals surface area contributed by atoms with Crippen LogP contribution >= 0.6 is 7.60 Å². The highest BCUT2D eigenvalue weighted by atomic mass is 31.2. The minimum absolute atomic E-state index is 0.332. The number of rotatable bonds is 4. The molecule has 0 saturated carbocycles. The maximum Gasteiger partial charge on any atom is 0.352 e. The predicted molar refractivity (Wildman–Crippen MR) is 71.2 cm³/mol. The van der Waals surface area contributed by atoms with Crippen molar-refractivity contribution in [1.29, 1.82) is 0 Å². The Morgan fingerprint density at radius 1 is 1.00 bits per heavy atom. The fourth-order valence-corrected chi connectivity index (χ4v) is 2.58. The van der Waals surface area contributed by atoms with Gasteiger partial charge in [-0.1, -0.05) is 30.3 Å². The topological polar surface area (TPSA) is 69.6 Å². The van der Waals surface area contributed by atoms with Crippen LogP contribution in [-0.4, -0.2) is 9.79 Å². The van der Waals surface area contributed by atoms with E-state index in [0.29, 0.717) is 11.3 Å². The fourth-order valence-electron chi connectivity index (χ4n) is 1.70. The average Bonchev–Trinajstić information content (AvgIpc) is 2.37. The molecule has 0 aromatic heterocycles. The normalized spacial score (nSPS) is 13.0. The van der Waals surface area contributed by atoms with E-state index in [2.05, 4.69) is 5.32 Å². The van der Waals surface area contributed by atoms with Crippen molar-refractivity contribution in [2.24, 2.45) is 0 Å². The average molecular weight is 281 g/mol. The van der Waals surface area contributed by atoms with Crippen LogP contribution in [0.3, 0.4) is 0 Å². The summed E-state index contributed by atoms with van der Waals surface area (Å²) in [4.78, 5) is 18.8. The van der Waals surface area contributed by atoms with Crippen LogP contribution in [0.15, 0.2) is 54.6 Å². The van der Waals surface area contributed by atoms with Crippen LogP contribution in [0.25, 0.3) is 0 Å². The summed E-state index contributed by atoms with van der Waals surface area (Å²) in [5.41, 5.74) is 0.915. The largest absolute Gasteiger partial charge is 0.368 e. The summed E-state index contributed by atoms with van der Waals surface area (Å²) in [5, 5.41) is 2.77. The van der Waals surface area contributed by atoms with E-state index in [1.54, 1.807) is 30.3 Å². The lowest BCUT2D eigenvalue weighted by Gasteiger charge is -2.21. The van der Waals surface area contributed by atoms with Crippen molar-refractivity contribution >= 4 is 13.3 Å². The number of benzene rings is 2. The van der Waals surface area contributed by atoms with E-state index < -0.39 is 19.2 Å². The van der Waals surface area contributed by atoms with Gasteiger partial charge in [-0.05, 0) is 29.8 Å². The first kappa shape index (κ1) is 13.7. The second-order valence-corrected chi connectivity index (χ2v) is 5.75. The van der Waals surface area contributed by atoms with Crippen molar-refractivity contribution in [2.75, 3.05) is 5.32 Å². The molecular formula is C13H13FNO3P. The van der Waals surface area contributed by atoms with Crippen molar-refractivity contribution in [1.82, 2.24) is 0 Å². The smallest absolute Gasteiger partial charge is 0.352 e. The first-order valence-corrected chi connectivity index (χ1v) is 7.27. The van der Waals surface area contributed by atoms with Gasteiger partial charge in [-0.2, -0.15) is 0 Å². The molecule has 0 bridgehead atoms. The molecule has 2 aromatic rings. The van der Waals surface area contributed by atoms with E-state index in [-0.39, 0.29) is 0 Å². The Labute approximate surface area is 110 Å². The molecule has 3 N–H and O–H groups in total. The van der Waals surface area contributed by atoms with Gasteiger partial charge in [0.15, 0.2) is 5.78 Å². The molecule has 4 nitrogen and oxygen atoms in total. The lowest BCUT2D eigenvalue weighted by atomic mass is 10.2. The standard InChI is InChI=1S/C13H13FNO3P/c14-11-8-6-10(7-9-11)13(19(16,17)18)15-12-4-2-1-3-5-12/h1-9,13,15H,(H2,16,17,18). The highest BCUT2D eigenvalue weighted by molar-refractivity contribution is 7.52. The van der Waals surface area contributed by atoms with Gasteiger partial charge in [0.2, 0.25) is 0 Å². The lowest BCUT2D eigenvalue weighted by molar-refractivity contribution is 0.363. The van der Waals surface area contributed by atoms with Crippen LogP contribution in [0.2, 0.25) is 0 Å². The molecule has 0 radical (unpaired) electrons. The molecule has 2 rings (SSSR count). The minimum Gasteiger partial charge on any atom is -0.368 e. The highest BCUT2D eigenvalue weighted by Crippen LogP contribution is 2.51. The molecule has 1 unspecified atom stereocenters. The van der Waals surface area contributed by atoms with Crippen LogP contribution in [0.5, 0.6) is 0 Å². The molecule has 1 atom stereocenters. The molecule has 0 spiro atoms. The molecule has 6 heteroatoms. The van der Waals surface area contributed by atoms with Crippen molar-refractivity contribution < 1.29 is 18.7 Å². The van der Waals surface area contributed by atoms with Crippen LogP contribution in [0.1, 0.15) is 11.3 Å². The second kappa shape index (κ2) is 5.53. The molecule has 2 aromatic carbocycles. The van der Waals surface area contributed by atoms with Crippen molar-refractivity contribution in [3.05, 3.63) is 66.0 Å². The first-order chi connectivity index (χ1) is 8.97. The van der Waals surface area contributed by atoms with E-state index in [0.717, 1.165) is 0 Å². The summed E-state index contributed by atoms with van der Waals surface area (Å²) in [6.45, 7) is 0. The Kier molecular flexibility index (Phi) is 4.00. The van der Waals surface area contributed by atoms with E-state index in [1.807, 2.05) is 0 Å². The van der Waals surface area contributed by atoms with Gasteiger partial charge in [0.1, 0.15) is 5.82 Å². The number of para-hydroxylation sites is 1. The third-order valence-corrected chi connectivity index (χ3v) is 3.70. The first-order valence-electron chi connectivity index (χ1n) is 5.59.